The van der Waals surface area contributed by atoms with Gasteiger partial charge in [0.2, 0.25) is 0 Å². The highest BCUT2D eigenvalue weighted by molar-refractivity contribution is 5.13. The molecule has 0 aromatic carbocycles. The lowest BCUT2D eigenvalue weighted by molar-refractivity contribution is 0.0971. The summed E-state index contributed by atoms with van der Waals surface area (Å²) in [5, 5.41) is 3.38. The minimum absolute atomic E-state index is 0.622. The van der Waals surface area contributed by atoms with Crippen molar-refractivity contribution < 1.29 is 4.74 Å². The number of likely N-dealkylation sites (tertiary alicyclic amines) is 1. The van der Waals surface area contributed by atoms with E-state index in [0.717, 1.165) is 38.4 Å². The van der Waals surface area contributed by atoms with E-state index in [2.05, 4.69) is 34.3 Å². The van der Waals surface area contributed by atoms with Crippen molar-refractivity contribution in [2.45, 2.75) is 39.3 Å². The lowest BCUT2D eigenvalue weighted by Gasteiger charge is -2.14. The highest BCUT2D eigenvalue weighted by Crippen LogP contribution is 2.07. The fourth-order valence-electron chi connectivity index (χ4n) is 2.43. The van der Waals surface area contributed by atoms with Crippen LogP contribution in [0.1, 0.15) is 37.4 Å². The molecule has 4 heteroatoms. The molecule has 1 aliphatic rings. The second-order valence-electron chi connectivity index (χ2n) is 5.44. The van der Waals surface area contributed by atoms with Crippen molar-refractivity contribution in [3.8, 4) is 0 Å². The molecule has 0 spiro atoms. The van der Waals surface area contributed by atoms with Crippen molar-refractivity contribution in [1.29, 1.82) is 0 Å². The van der Waals surface area contributed by atoms with Gasteiger partial charge in [0.25, 0.3) is 0 Å². The normalized spacial score (nSPS) is 15.8. The van der Waals surface area contributed by atoms with Gasteiger partial charge in [-0.1, -0.05) is 13.0 Å². The Hall–Kier alpha value is -0.970. The smallest absolute Gasteiger partial charge is 0.0888 e. The van der Waals surface area contributed by atoms with Gasteiger partial charge in [0.1, 0.15) is 0 Å². The van der Waals surface area contributed by atoms with Crippen LogP contribution in [0.5, 0.6) is 0 Å². The molecule has 1 aromatic heterocycles. The summed E-state index contributed by atoms with van der Waals surface area (Å²) in [6, 6.07) is 4.20. The van der Waals surface area contributed by atoms with Crippen LogP contribution < -0.4 is 5.32 Å². The molecule has 0 atom stereocenters. The Morgan fingerprint density at radius 3 is 2.85 bits per heavy atom. The van der Waals surface area contributed by atoms with Gasteiger partial charge in [-0.15, -0.1) is 0 Å². The summed E-state index contributed by atoms with van der Waals surface area (Å²) >= 11 is 0. The van der Waals surface area contributed by atoms with E-state index < -0.39 is 0 Å². The summed E-state index contributed by atoms with van der Waals surface area (Å²) in [4.78, 5) is 6.92. The van der Waals surface area contributed by atoms with Gasteiger partial charge < -0.3 is 15.0 Å². The SMILES string of the molecule is CCCNCc1ccc(COCCN2CCCC2)nc1. The summed E-state index contributed by atoms with van der Waals surface area (Å²) in [7, 11) is 0. The molecule has 0 amide bonds. The van der Waals surface area contributed by atoms with Gasteiger partial charge in [-0.05, 0) is 50.5 Å². The van der Waals surface area contributed by atoms with Gasteiger partial charge in [0.15, 0.2) is 0 Å². The van der Waals surface area contributed by atoms with Gasteiger partial charge in [-0.25, -0.2) is 0 Å². The zero-order valence-corrected chi connectivity index (χ0v) is 12.6. The summed E-state index contributed by atoms with van der Waals surface area (Å²) in [5.74, 6) is 0. The van der Waals surface area contributed by atoms with E-state index in [1.807, 2.05) is 6.20 Å². The summed E-state index contributed by atoms with van der Waals surface area (Å²) < 4.78 is 5.70. The molecule has 0 bridgehead atoms. The van der Waals surface area contributed by atoms with Gasteiger partial charge in [-0.3, -0.25) is 4.98 Å². The van der Waals surface area contributed by atoms with Crippen molar-refractivity contribution >= 4 is 0 Å². The molecule has 1 N–H and O–H groups in total. The first-order chi connectivity index (χ1) is 9.88. The average Bonchev–Trinajstić information content (AvgIpc) is 2.99. The molecule has 0 aliphatic carbocycles. The lowest BCUT2D eigenvalue weighted by Crippen LogP contribution is -2.24. The van der Waals surface area contributed by atoms with Crippen LogP contribution in [0.3, 0.4) is 0 Å². The van der Waals surface area contributed by atoms with Crippen molar-refractivity contribution in [1.82, 2.24) is 15.2 Å². The minimum atomic E-state index is 0.622. The van der Waals surface area contributed by atoms with Crippen LogP contribution in [0.15, 0.2) is 18.3 Å². The molecular formula is C16H27N3O. The van der Waals surface area contributed by atoms with Crippen molar-refractivity contribution in [3.63, 3.8) is 0 Å². The molecule has 0 unspecified atom stereocenters. The molecule has 1 saturated heterocycles. The van der Waals surface area contributed by atoms with Crippen molar-refractivity contribution in [2.75, 3.05) is 32.8 Å². The second kappa shape index (κ2) is 9.06. The molecule has 4 nitrogen and oxygen atoms in total. The molecule has 2 rings (SSSR count). The van der Waals surface area contributed by atoms with Gasteiger partial charge in [-0.2, -0.15) is 0 Å². The summed E-state index contributed by atoms with van der Waals surface area (Å²) in [6.07, 6.45) is 5.79. The van der Waals surface area contributed by atoms with E-state index in [0.29, 0.717) is 6.61 Å². The first-order valence-corrected chi connectivity index (χ1v) is 7.83. The number of rotatable bonds is 9. The summed E-state index contributed by atoms with van der Waals surface area (Å²) in [5.41, 5.74) is 2.25. The van der Waals surface area contributed by atoms with Crippen molar-refractivity contribution in [3.05, 3.63) is 29.6 Å². The quantitative estimate of drug-likeness (QED) is 0.702. The number of ether oxygens (including phenoxy) is 1. The monoisotopic (exact) mass is 277 g/mol. The highest BCUT2D eigenvalue weighted by atomic mass is 16.5. The van der Waals surface area contributed by atoms with Crippen LogP contribution in [0.25, 0.3) is 0 Å². The van der Waals surface area contributed by atoms with Crippen LogP contribution in [0.2, 0.25) is 0 Å². The van der Waals surface area contributed by atoms with Crippen LogP contribution >= 0.6 is 0 Å². The first kappa shape index (κ1) is 15.4. The number of nitrogens with one attached hydrogen (secondary N) is 1. The van der Waals surface area contributed by atoms with E-state index >= 15 is 0 Å². The number of aromatic nitrogens is 1. The van der Waals surface area contributed by atoms with Crippen LogP contribution in [-0.2, 0) is 17.9 Å². The van der Waals surface area contributed by atoms with Gasteiger partial charge in [0, 0.05) is 19.3 Å². The third-order valence-electron chi connectivity index (χ3n) is 3.64. The molecule has 0 radical (unpaired) electrons. The maximum Gasteiger partial charge on any atom is 0.0888 e. The first-order valence-electron chi connectivity index (χ1n) is 7.83. The summed E-state index contributed by atoms with van der Waals surface area (Å²) in [6.45, 7) is 9.09. The molecule has 1 aliphatic heterocycles. The molecule has 2 heterocycles. The maximum absolute atomic E-state index is 5.70. The number of pyridine rings is 1. The predicted molar refractivity (Wildman–Crippen MR) is 81.6 cm³/mol. The predicted octanol–water partition coefficient (Wildman–Crippen LogP) is 2.19. The topological polar surface area (TPSA) is 37.4 Å². The standard InChI is InChI=1S/C16H27N3O/c1-2-7-17-12-15-5-6-16(18-13-15)14-20-11-10-19-8-3-4-9-19/h5-6,13,17H,2-4,7-12,14H2,1H3. The Kier molecular flexibility index (Phi) is 6.98. The fraction of sp³-hybridized carbons (Fsp3) is 0.688. The molecule has 1 fully saturated rings. The van der Waals surface area contributed by atoms with Gasteiger partial charge in [0.05, 0.1) is 18.9 Å². The Labute approximate surface area is 122 Å². The molecule has 1 aromatic rings. The molecule has 20 heavy (non-hydrogen) atoms. The van der Waals surface area contributed by atoms with Crippen LogP contribution in [0, 0.1) is 0 Å². The highest BCUT2D eigenvalue weighted by Gasteiger charge is 2.10. The number of nitrogens with zero attached hydrogens (tertiary/aromatic N) is 2. The van der Waals surface area contributed by atoms with E-state index in [1.54, 1.807) is 0 Å². The van der Waals surface area contributed by atoms with Crippen LogP contribution in [0.4, 0.5) is 0 Å². The van der Waals surface area contributed by atoms with Gasteiger partial charge >= 0.3 is 0 Å². The second-order valence-corrected chi connectivity index (χ2v) is 5.44. The lowest BCUT2D eigenvalue weighted by atomic mass is 10.2. The minimum Gasteiger partial charge on any atom is -0.374 e. The zero-order valence-electron chi connectivity index (χ0n) is 12.6. The Bertz CT molecular complexity index is 360. The molecular weight excluding hydrogens is 250 g/mol. The van der Waals surface area contributed by atoms with E-state index in [1.165, 1.54) is 31.5 Å². The number of hydrogen-bond donors (Lipinski definition) is 1. The number of hydrogen-bond acceptors (Lipinski definition) is 4. The maximum atomic E-state index is 5.70. The Morgan fingerprint density at radius 2 is 2.15 bits per heavy atom. The molecule has 112 valence electrons. The van der Waals surface area contributed by atoms with E-state index in [9.17, 15) is 0 Å². The molecule has 0 saturated carbocycles. The third-order valence-corrected chi connectivity index (χ3v) is 3.64. The van der Waals surface area contributed by atoms with E-state index in [-0.39, 0.29) is 0 Å². The largest absolute Gasteiger partial charge is 0.374 e. The van der Waals surface area contributed by atoms with E-state index in [4.69, 9.17) is 4.74 Å². The Morgan fingerprint density at radius 1 is 1.30 bits per heavy atom. The zero-order chi connectivity index (χ0) is 14.0. The third kappa shape index (κ3) is 5.57. The van der Waals surface area contributed by atoms with Crippen molar-refractivity contribution in [2.24, 2.45) is 0 Å². The average molecular weight is 277 g/mol. The van der Waals surface area contributed by atoms with Crippen LogP contribution in [-0.4, -0.2) is 42.7 Å². The Balaban J connectivity index is 1.60. The fourth-order valence-corrected chi connectivity index (χ4v) is 2.43.